The van der Waals surface area contributed by atoms with E-state index < -0.39 is 0 Å². The van der Waals surface area contributed by atoms with E-state index in [0.717, 1.165) is 6.61 Å². The molecule has 0 aliphatic heterocycles. The van der Waals surface area contributed by atoms with Gasteiger partial charge in [0.05, 0.1) is 5.60 Å². The first-order valence-corrected chi connectivity index (χ1v) is 7.17. The van der Waals surface area contributed by atoms with Crippen LogP contribution in [0.2, 0.25) is 0 Å². The van der Waals surface area contributed by atoms with E-state index in [1.165, 1.54) is 64.2 Å². The van der Waals surface area contributed by atoms with Crippen molar-refractivity contribution in [3.63, 3.8) is 0 Å². The number of rotatable bonds is 9. The maximum absolute atomic E-state index is 6.02. The van der Waals surface area contributed by atoms with Crippen molar-refractivity contribution in [3.8, 4) is 0 Å². The highest BCUT2D eigenvalue weighted by molar-refractivity contribution is 4.87. The van der Waals surface area contributed by atoms with Crippen molar-refractivity contribution in [1.29, 1.82) is 0 Å². The molecule has 2 N–H and O–H groups in total. The molecule has 2 heteroatoms. The van der Waals surface area contributed by atoms with Crippen LogP contribution in [0.1, 0.15) is 71.1 Å². The van der Waals surface area contributed by atoms with Gasteiger partial charge in [-0.15, -0.1) is 0 Å². The van der Waals surface area contributed by atoms with Crippen LogP contribution < -0.4 is 5.73 Å². The maximum atomic E-state index is 6.02. The summed E-state index contributed by atoms with van der Waals surface area (Å²) in [5.74, 6) is 0. The summed E-state index contributed by atoms with van der Waals surface area (Å²) in [5, 5.41) is 0. The van der Waals surface area contributed by atoms with Gasteiger partial charge in [-0.2, -0.15) is 0 Å². The molecule has 2 nitrogen and oxygen atoms in total. The number of hydrogen-bond acceptors (Lipinski definition) is 2. The predicted molar refractivity (Wildman–Crippen MR) is 69.6 cm³/mol. The summed E-state index contributed by atoms with van der Waals surface area (Å²) in [6, 6.07) is 0. The minimum absolute atomic E-state index is 0.0589. The lowest BCUT2D eigenvalue weighted by atomic mass is 10.0. The van der Waals surface area contributed by atoms with Crippen molar-refractivity contribution in [2.75, 3.05) is 13.2 Å². The van der Waals surface area contributed by atoms with Gasteiger partial charge in [-0.05, 0) is 19.3 Å². The van der Waals surface area contributed by atoms with Crippen LogP contribution in [-0.4, -0.2) is 18.8 Å². The molecule has 1 aliphatic rings. The minimum Gasteiger partial charge on any atom is -0.374 e. The lowest BCUT2D eigenvalue weighted by molar-refractivity contribution is -0.0351. The Morgan fingerprint density at radius 3 is 2.25 bits per heavy atom. The summed E-state index contributed by atoms with van der Waals surface area (Å²) >= 11 is 0. The molecule has 1 saturated carbocycles. The summed E-state index contributed by atoms with van der Waals surface area (Å²) in [5.41, 5.74) is 5.88. The first-order chi connectivity index (χ1) is 7.83. The zero-order valence-electron chi connectivity index (χ0n) is 11.0. The molecule has 0 radical (unpaired) electrons. The van der Waals surface area contributed by atoms with Gasteiger partial charge in [0.1, 0.15) is 0 Å². The fraction of sp³-hybridized carbons (Fsp3) is 1.00. The van der Waals surface area contributed by atoms with Crippen LogP contribution in [0.3, 0.4) is 0 Å². The largest absolute Gasteiger partial charge is 0.374 e. The Hall–Kier alpha value is -0.0800. The first-order valence-electron chi connectivity index (χ1n) is 7.17. The Morgan fingerprint density at radius 2 is 1.62 bits per heavy atom. The second-order valence-corrected chi connectivity index (χ2v) is 5.21. The number of ether oxygens (including phenoxy) is 1. The molecule has 0 amide bonds. The Balaban J connectivity index is 1.97. The van der Waals surface area contributed by atoms with Crippen LogP contribution in [0.4, 0.5) is 0 Å². The SMILES string of the molecule is CCCCCCCCOC1(CN)CCCC1. The van der Waals surface area contributed by atoms with Gasteiger partial charge >= 0.3 is 0 Å². The summed E-state index contributed by atoms with van der Waals surface area (Å²) < 4.78 is 6.02. The van der Waals surface area contributed by atoms with E-state index in [1.54, 1.807) is 0 Å². The van der Waals surface area contributed by atoms with Gasteiger partial charge in [0.15, 0.2) is 0 Å². The normalized spacial score (nSPS) is 19.1. The first kappa shape index (κ1) is 14.0. The van der Waals surface area contributed by atoms with Crippen molar-refractivity contribution in [2.24, 2.45) is 5.73 Å². The second kappa shape index (κ2) is 8.08. The van der Waals surface area contributed by atoms with Crippen LogP contribution in [0.15, 0.2) is 0 Å². The molecule has 1 fully saturated rings. The number of nitrogens with two attached hydrogens (primary N) is 1. The number of hydrogen-bond donors (Lipinski definition) is 1. The molecule has 0 aromatic rings. The molecule has 0 saturated heterocycles. The fourth-order valence-corrected chi connectivity index (χ4v) is 2.60. The van der Waals surface area contributed by atoms with E-state index in [0.29, 0.717) is 6.54 Å². The van der Waals surface area contributed by atoms with Gasteiger partial charge in [0.2, 0.25) is 0 Å². The maximum Gasteiger partial charge on any atom is 0.0804 e. The Labute approximate surface area is 101 Å². The fourth-order valence-electron chi connectivity index (χ4n) is 2.60. The standard InChI is InChI=1S/C14H29NO/c1-2-3-4-5-6-9-12-16-14(13-15)10-7-8-11-14/h2-13,15H2,1H3. The van der Waals surface area contributed by atoms with E-state index >= 15 is 0 Å². The predicted octanol–water partition coefficient (Wildman–Crippen LogP) is 3.64. The third-order valence-corrected chi connectivity index (χ3v) is 3.79. The van der Waals surface area contributed by atoms with Crippen LogP contribution in [0.5, 0.6) is 0 Å². The lowest BCUT2D eigenvalue weighted by Crippen LogP contribution is -2.38. The third-order valence-electron chi connectivity index (χ3n) is 3.79. The molecular formula is C14H29NO. The second-order valence-electron chi connectivity index (χ2n) is 5.21. The van der Waals surface area contributed by atoms with E-state index in [9.17, 15) is 0 Å². The quantitative estimate of drug-likeness (QED) is 0.610. The van der Waals surface area contributed by atoms with Gasteiger partial charge in [-0.1, -0.05) is 51.9 Å². The lowest BCUT2D eigenvalue weighted by Gasteiger charge is -2.27. The van der Waals surface area contributed by atoms with Crippen molar-refractivity contribution in [3.05, 3.63) is 0 Å². The van der Waals surface area contributed by atoms with E-state index in [4.69, 9.17) is 10.5 Å². The number of unbranched alkanes of at least 4 members (excludes halogenated alkanes) is 5. The van der Waals surface area contributed by atoms with E-state index in [2.05, 4.69) is 6.92 Å². The zero-order valence-corrected chi connectivity index (χ0v) is 11.0. The third kappa shape index (κ3) is 4.84. The molecular weight excluding hydrogens is 198 g/mol. The monoisotopic (exact) mass is 227 g/mol. The Morgan fingerprint density at radius 1 is 1.00 bits per heavy atom. The van der Waals surface area contributed by atoms with Crippen molar-refractivity contribution < 1.29 is 4.74 Å². The van der Waals surface area contributed by atoms with E-state index in [1.807, 2.05) is 0 Å². The zero-order chi connectivity index (χ0) is 11.7. The highest BCUT2D eigenvalue weighted by atomic mass is 16.5. The van der Waals surface area contributed by atoms with Crippen molar-refractivity contribution in [1.82, 2.24) is 0 Å². The Kier molecular flexibility index (Phi) is 7.06. The molecule has 1 rings (SSSR count). The average molecular weight is 227 g/mol. The summed E-state index contributed by atoms with van der Waals surface area (Å²) in [4.78, 5) is 0. The molecule has 16 heavy (non-hydrogen) atoms. The van der Waals surface area contributed by atoms with Crippen molar-refractivity contribution >= 4 is 0 Å². The molecule has 0 aromatic heterocycles. The summed E-state index contributed by atoms with van der Waals surface area (Å²) in [6.07, 6.45) is 13.0. The molecule has 0 unspecified atom stereocenters. The average Bonchev–Trinajstić information content (AvgIpc) is 2.77. The van der Waals surface area contributed by atoms with Gasteiger partial charge in [-0.3, -0.25) is 0 Å². The topological polar surface area (TPSA) is 35.2 Å². The van der Waals surface area contributed by atoms with Crippen LogP contribution in [-0.2, 0) is 4.74 Å². The summed E-state index contributed by atoms with van der Waals surface area (Å²) in [6.45, 7) is 3.89. The molecule has 0 atom stereocenters. The molecule has 0 spiro atoms. The van der Waals surface area contributed by atoms with Gasteiger partial charge in [0.25, 0.3) is 0 Å². The van der Waals surface area contributed by atoms with Gasteiger partial charge in [0, 0.05) is 13.2 Å². The van der Waals surface area contributed by atoms with E-state index in [-0.39, 0.29) is 5.60 Å². The van der Waals surface area contributed by atoms with Crippen LogP contribution in [0, 0.1) is 0 Å². The Bertz CT molecular complexity index is 164. The van der Waals surface area contributed by atoms with Crippen molar-refractivity contribution in [2.45, 2.75) is 76.7 Å². The highest BCUT2D eigenvalue weighted by Gasteiger charge is 2.32. The highest BCUT2D eigenvalue weighted by Crippen LogP contribution is 2.32. The molecule has 0 bridgehead atoms. The molecule has 1 aliphatic carbocycles. The van der Waals surface area contributed by atoms with Crippen LogP contribution in [0.25, 0.3) is 0 Å². The van der Waals surface area contributed by atoms with Gasteiger partial charge < -0.3 is 10.5 Å². The van der Waals surface area contributed by atoms with Crippen LogP contribution >= 0.6 is 0 Å². The smallest absolute Gasteiger partial charge is 0.0804 e. The summed E-state index contributed by atoms with van der Waals surface area (Å²) in [7, 11) is 0. The molecule has 0 heterocycles. The molecule has 0 aromatic carbocycles. The van der Waals surface area contributed by atoms with Gasteiger partial charge in [-0.25, -0.2) is 0 Å². The minimum atomic E-state index is 0.0589. The molecule has 96 valence electrons.